The zero-order valence-electron chi connectivity index (χ0n) is 13.4. The van der Waals surface area contributed by atoms with E-state index in [0.29, 0.717) is 6.54 Å². The van der Waals surface area contributed by atoms with Gasteiger partial charge in [0.2, 0.25) is 5.91 Å². The number of nitrogens with zero attached hydrogens (tertiary/aromatic N) is 4. The number of amides is 2. The first-order chi connectivity index (χ1) is 11.7. The Hall–Kier alpha value is -2.19. The molecule has 3 heterocycles. The van der Waals surface area contributed by atoms with Crippen molar-refractivity contribution in [1.82, 2.24) is 24.9 Å². The molecule has 1 fully saturated rings. The van der Waals surface area contributed by atoms with Crippen LogP contribution >= 0.6 is 11.3 Å². The zero-order chi connectivity index (χ0) is 16.8. The molecule has 0 aromatic carbocycles. The van der Waals surface area contributed by atoms with E-state index in [1.807, 2.05) is 21.7 Å². The Kier molecular flexibility index (Phi) is 5.60. The molecule has 3 rings (SSSR count). The molecule has 0 spiro atoms. The van der Waals surface area contributed by atoms with Crippen molar-refractivity contribution in [3.05, 3.63) is 40.8 Å². The third-order valence-electron chi connectivity index (χ3n) is 4.04. The second kappa shape index (κ2) is 8.07. The molecule has 0 unspecified atom stereocenters. The molecular formula is C16H21N5O2S. The molecule has 2 aromatic heterocycles. The number of carbonyl (C=O) groups excluding carboxylic acids is 2. The maximum Gasteiger partial charge on any atom is 0.254 e. The molecule has 1 N–H and O–H groups in total. The van der Waals surface area contributed by atoms with E-state index in [1.165, 1.54) is 0 Å². The van der Waals surface area contributed by atoms with Gasteiger partial charge in [-0.2, -0.15) is 16.4 Å². The minimum absolute atomic E-state index is 0.0371. The van der Waals surface area contributed by atoms with Crippen LogP contribution < -0.4 is 5.32 Å². The van der Waals surface area contributed by atoms with Crippen molar-refractivity contribution < 1.29 is 9.59 Å². The molecule has 128 valence electrons. The fraction of sp³-hybridized carbons (Fsp3) is 0.438. The fourth-order valence-corrected chi connectivity index (χ4v) is 3.32. The highest BCUT2D eigenvalue weighted by atomic mass is 32.1. The third-order valence-corrected chi connectivity index (χ3v) is 4.73. The van der Waals surface area contributed by atoms with E-state index in [0.717, 1.165) is 38.3 Å². The molecular weight excluding hydrogens is 326 g/mol. The van der Waals surface area contributed by atoms with E-state index in [4.69, 9.17) is 0 Å². The predicted octanol–water partition coefficient (Wildman–Crippen LogP) is 0.519. The monoisotopic (exact) mass is 347 g/mol. The van der Waals surface area contributed by atoms with Crippen molar-refractivity contribution in [3.8, 4) is 0 Å². The van der Waals surface area contributed by atoms with Crippen LogP contribution in [-0.2, 0) is 11.3 Å². The summed E-state index contributed by atoms with van der Waals surface area (Å²) in [7, 11) is 0. The normalized spacial score (nSPS) is 15.4. The van der Waals surface area contributed by atoms with Crippen LogP contribution in [0.3, 0.4) is 0 Å². The van der Waals surface area contributed by atoms with Gasteiger partial charge in [-0.1, -0.05) is 0 Å². The highest BCUT2D eigenvalue weighted by molar-refractivity contribution is 7.08. The SMILES string of the molecule is O=C(Cn1cccn1)NCCN1CCN(C(=O)c2ccsc2)CC1. The molecule has 0 saturated carbocycles. The summed E-state index contributed by atoms with van der Waals surface area (Å²) in [4.78, 5) is 28.2. The Morgan fingerprint density at radius 2 is 2.08 bits per heavy atom. The van der Waals surface area contributed by atoms with Gasteiger partial charge < -0.3 is 10.2 Å². The van der Waals surface area contributed by atoms with Gasteiger partial charge in [0.15, 0.2) is 0 Å². The maximum absolute atomic E-state index is 12.3. The Labute approximate surface area is 144 Å². The second-order valence-corrected chi connectivity index (χ2v) is 6.48. The first-order valence-corrected chi connectivity index (χ1v) is 8.94. The number of nitrogens with one attached hydrogen (secondary N) is 1. The standard InChI is InChI=1S/C16H21N5O2S/c22-15(12-21-5-1-3-18-21)17-4-6-19-7-9-20(10-8-19)16(23)14-2-11-24-13-14/h1-3,5,11,13H,4,6-10,12H2,(H,17,22). The largest absolute Gasteiger partial charge is 0.353 e. The molecule has 1 saturated heterocycles. The molecule has 7 nitrogen and oxygen atoms in total. The first-order valence-electron chi connectivity index (χ1n) is 8.00. The van der Waals surface area contributed by atoms with Gasteiger partial charge in [0, 0.05) is 57.0 Å². The van der Waals surface area contributed by atoms with Gasteiger partial charge in [-0.15, -0.1) is 0 Å². The fourth-order valence-electron chi connectivity index (χ4n) is 2.69. The topological polar surface area (TPSA) is 70.5 Å². The van der Waals surface area contributed by atoms with Crippen LogP contribution in [0.4, 0.5) is 0 Å². The van der Waals surface area contributed by atoms with Crippen molar-refractivity contribution in [3.63, 3.8) is 0 Å². The highest BCUT2D eigenvalue weighted by Crippen LogP contribution is 2.11. The van der Waals surface area contributed by atoms with E-state index < -0.39 is 0 Å². The molecule has 0 aliphatic carbocycles. The van der Waals surface area contributed by atoms with Crippen LogP contribution in [0, 0.1) is 0 Å². The lowest BCUT2D eigenvalue weighted by Crippen LogP contribution is -2.50. The van der Waals surface area contributed by atoms with Crippen LogP contribution in [-0.4, -0.2) is 70.7 Å². The summed E-state index contributed by atoms with van der Waals surface area (Å²) in [5, 5.41) is 10.7. The molecule has 1 aliphatic heterocycles. The number of rotatable bonds is 6. The average molecular weight is 347 g/mol. The maximum atomic E-state index is 12.3. The van der Waals surface area contributed by atoms with Crippen molar-refractivity contribution in [2.75, 3.05) is 39.3 Å². The van der Waals surface area contributed by atoms with Gasteiger partial charge >= 0.3 is 0 Å². The van der Waals surface area contributed by atoms with Crippen LogP contribution in [0.1, 0.15) is 10.4 Å². The lowest BCUT2D eigenvalue weighted by atomic mass is 10.2. The smallest absolute Gasteiger partial charge is 0.254 e. The zero-order valence-corrected chi connectivity index (χ0v) is 14.2. The quantitative estimate of drug-likeness (QED) is 0.827. The van der Waals surface area contributed by atoms with Gasteiger partial charge in [0.25, 0.3) is 5.91 Å². The molecule has 0 radical (unpaired) electrons. The minimum Gasteiger partial charge on any atom is -0.353 e. The number of hydrogen-bond donors (Lipinski definition) is 1. The summed E-state index contributed by atoms with van der Waals surface area (Å²) in [6.45, 7) is 4.79. The number of thiophene rings is 1. The number of carbonyl (C=O) groups is 2. The summed E-state index contributed by atoms with van der Waals surface area (Å²) >= 11 is 1.54. The molecule has 2 aromatic rings. The molecule has 0 bridgehead atoms. The molecule has 1 aliphatic rings. The van der Waals surface area contributed by atoms with Crippen LogP contribution in [0.2, 0.25) is 0 Å². The highest BCUT2D eigenvalue weighted by Gasteiger charge is 2.22. The van der Waals surface area contributed by atoms with Crippen LogP contribution in [0.25, 0.3) is 0 Å². The molecule has 0 atom stereocenters. The van der Waals surface area contributed by atoms with Crippen molar-refractivity contribution >= 4 is 23.2 Å². The van der Waals surface area contributed by atoms with E-state index in [2.05, 4.69) is 15.3 Å². The van der Waals surface area contributed by atoms with Gasteiger partial charge in [-0.05, 0) is 17.5 Å². The van der Waals surface area contributed by atoms with Gasteiger partial charge in [0.05, 0.1) is 5.56 Å². The summed E-state index contributed by atoms with van der Waals surface area (Å²) in [6.07, 6.45) is 3.42. The molecule has 2 amide bonds. The van der Waals surface area contributed by atoms with Gasteiger partial charge in [-0.3, -0.25) is 19.2 Å². The average Bonchev–Trinajstić information content (AvgIpc) is 3.28. The Bertz CT molecular complexity index is 648. The molecule has 24 heavy (non-hydrogen) atoms. The summed E-state index contributed by atoms with van der Waals surface area (Å²) in [5.41, 5.74) is 0.777. The third kappa shape index (κ3) is 4.42. The number of hydrogen-bond acceptors (Lipinski definition) is 5. The van der Waals surface area contributed by atoms with Crippen molar-refractivity contribution in [2.24, 2.45) is 0 Å². The van der Waals surface area contributed by atoms with E-state index in [-0.39, 0.29) is 18.4 Å². The van der Waals surface area contributed by atoms with Crippen LogP contribution in [0.5, 0.6) is 0 Å². The van der Waals surface area contributed by atoms with E-state index >= 15 is 0 Å². The lowest BCUT2D eigenvalue weighted by molar-refractivity contribution is -0.121. The Morgan fingerprint density at radius 3 is 2.75 bits per heavy atom. The van der Waals surface area contributed by atoms with Crippen LogP contribution in [0.15, 0.2) is 35.3 Å². The van der Waals surface area contributed by atoms with Gasteiger partial charge in [0.1, 0.15) is 6.54 Å². The Balaban J connectivity index is 1.34. The predicted molar refractivity (Wildman–Crippen MR) is 91.9 cm³/mol. The van der Waals surface area contributed by atoms with E-state index in [9.17, 15) is 9.59 Å². The van der Waals surface area contributed by atoms with Crippen molar-refractivity contribution in [1.29, 1.82) is 0 Å². The van der Waals surface area contributed by atoms with Crippen molar-refractivity contribution in [2.45, 2.75) is 6.54 Å². The molecule has 8 heteroatoms. The minimum atomic E-state index is -0.0371. The van der Waals surface area contributed by atoms with Gasteiger partial charge in [-0.25, -0.2) is 0 Å². The lowest BCUT2D eigenvalue weighted by Gasteiger charge is -2.34. The summed E-state index contributed by atoms with van der Waals surface area (Å²) in [5.74, 6) is 0.0772. The Morgan fingerprint density at radius 1 is 1.25 bits per heavy atom. The van der Waals surface area contributed by atoms with E-state index in [1.54, 1.807) is 34.5 Å². The summed E-state index contributed by atoms with van der Waals surface area (Å²) < 4.78 is 1.60. The second-order valence-electron chi connectivity index (χ2n) is 5.70. The summed E-state index contributed by atoms with van der Waals surface area (Å²) in [6, 6.07) is 3.67. The first kappa shape index (κ1) is 16.7. The number of aromatic nitrogens is 2. The number of piperazine rings is 1.